The molecule has 0 aromatic heterocycles. The zero-order chi connectivity index (χ0) is 19.9. The Kier molecular flexibility index (Phi) is 6.42. The second-order valence-corrected chi connectivity index (χ2v) is 6.77. The van der Waals surface area contributed by atoms with Gasteiger partial charge in [0.2, 0.25) is 0 Å². The molecule has 0 saturated carbocycles. The number of carbonyl (C=O) groups excluding carboxylic acids is 3. The molecule has 3 rings (SSSR count). The van der Waals surface area contributed by atoms with Gasteiger partial charge in [-0.25, -0.2) is 4.79 Å². The fourth-order valence-corrected chi connectivity index (χ4v) is 3.28. The molecule has 6 nitrogen and oxygen atoms in total. The molecule has 2 aromatic rings. The molecule has 0 bridgehead atoms. The maximum Gasteiger partial charge on any atom is 0.327 e. The van der Waals surface area contributed by atoms with E-state index in [0.29, 0.717) is 32.6 Å². The number of benzene rings is 2. The first-order chi connectivity index (χ1) is 13.6. The topological polar surface area (TPSA) is 60.9 Å². The van der Waals surface area contributed by atoms with Gasteiger partial charge in [0.15, 0.2) is 0 Å². The van der Waals surface area contributed by atoms with Gasteiger partial charge in [-0.3, -0.25) is 14.5 Å². The first-order valence-electron chi connectivity index (χ1n) is 9.57. The van der Waals surface area contributed by atoms with Gasteiger partial charge in [0.05, 0.1) is 0 Å². The number of hydrogen-bond donors (Lipinski definition) is 0. The lowest BCUT2D eigenvalue weighted by atomic mass is 10.1. The normalized spacial score (nSPS) is 14.3. The lowest BCUT2D eigenvalue weighted by molar-refractivity contribution is -0.153. The molecular formula is C22H25N3O3. The molecular weight excluding hydrogens is 354 g/mol. The lowest BCUT2D eigenvalue weighted by Crippen LogP contribution is -2.58. The highest BCUT2D eigenvalue weighted by atomic mass is 16.2. The summed E-state index contributed by atoms with van der Waals surface area (Å²) in [6.07, 6.45) is 0.677. The van der Waals surface area contributed by atoms with E-state index in [2.05, 4.69) is 0 Å². The van der Waals surface area contributed by atoms with Crippen LogP contribution in [0, 0.1) is 0 Å². The Morgan fingerprint density at radius 2 is 1.50 bits per heavy atom. The van der Waals surface area contributed by atoms with Crippen molar-refractivity contribution >= 4 is 17.8 Å². The van der Waals surface area contributed by atoms with E-state index < -0.39 is 17.8 Å². The largest absolute Gasteiger partial charge is 0.333 e. The second-order valence-electron chi connectivity index (χ2n) is 6.77. The van der Waals surface area contributed by atoms with Crippen LogP contribution in [0.4, 0.5) is 4.79 Å². The molecule has 0 unspecified atom stereocenters. The summed E-state index contributed by atoms with van der Waals surface area (Å²) in [7, 11) is 0. The predicted molar refractivity (Wildman–Crippen MR) is 106 cm³/mol. The standard InChI is InChI=1S/C22H25N3O3/c1-2-23-15-16-25(21(27)20(23)26)22(28)24(17-19-11-7-4-8-12-19)14-13-18-9-5-3-6-10-18/h3-12H,2,13-17H2,1H3. The minimum Gasteiger partial charge on any atom is -0.333 e. The number of urea groups is 1. The molecule has 1 heterocycles. The smallest absolute Gasteiger partial charge is 0.327 e. The number of carbonyl (C=O) groups is 3. The number of likely N-dealkylation sites (N-methyl/N-ethyl adjacent to an activating group) is 1. The Balaban J connectivity index is 1.76. The van der Waals surface area contributed by atoms with E-state index in [1.165, 1.54) is 4.90 Å². The van der Waals surface area contributed by atoms with Crippen LogP contribution < -0.4 is 0 Å². The van der Waals surface area contributed by atoms with Crippen LogP contribution in [-0.4, -0.2) is 58.7 Å². The van der Waals surface area contributed by atoms with Crippen molar-refractivity contribution in [2.75, 3.05) is 26.2 Å². The minimum atomic E-state index is -0.740. The van der Waals surface area contributed by atoms with Crippen LogP contribution >= 0.6 is 0 Å². The van der Waals surface area contributed by atoms with Gasteiger partial charge >= 0.3 is 17.8 Å². The van der Waals surface area contributed by atoms with Crippen LogP contribution in [0.5, 0.6) is 0 Å². The van der Waals surface area contributed by atoms with E-state index in [1.807, 2.05) is 67.6 Å². The van der Waals surface area contributed by atoms with Crippen molar-refractivity contribution in [3.05, 3.63) is 71.8 Å². The van der Waals surface area contributed by atoms with E-state index in [1.54, 1.807) is 4.90 Å². The van der Waals surface area contributed by atoms with Gasteiger partial charge in [-0.15, -0.1) is 0 Å². The molecule has 146 valence electrons. The molecule has 1 aliphatic heterocycles. The number of amides is 4. The molecule has 1 fully saturated rings. The fourth-order valence-electron chi connectivity index (χ4n) is 3.28. The van der Waals surface area contributed by atoms with Crippen molar-refractivity contribution in [3.63, 3.8) is 0 Å². The highest BCUT2D eigenvalue weighted by Crippen LogP contribution is 2.13. The third kappa shape index (κ3) is 4.57. The monoisotopic (exact) mass is 379 g/mol. The van der Waals surface area contributed by atoms with E-state index >= 15 is 0 Å². The SMILES string of the molecule is CCN1CCN(C(=O)N(CCc2ccccc2)Cc2ccccc2)C(=O)C1=O. The Morgan fingerprint density at radius 3 is 2.11 bits per heavy atom. The van der Waals surface area contributed by atoms with Crippen LogP contribution in [-0.2, 0) is 22.6 Å². The molecule has 1 saturated heterocycles. The summed E-state index contributed by atoms with van der Waals surface area (Å²) in [4.78, 5) is 42.0. The predicted octanol–water partition coefficient (Wildman–Crippen LogP) is 2.54. The van der Waals surface area contributed by atoms with Gasteiger partial charge in [0.25, 0.3) is 0 Å². The van der Waals surface area contributed by atoms with Crippen LogP contribution in [0.1, 0.15) is 18.1 Å². The number of nitrogens with zero attached hydrogens (tertiary/aromatic N) is 3. The molecule has 28 heavy (non-hydrogen) atoms. The van der Waals surface area contributed by atoms with E-state index in [0.717, 1.165) is 16.0 Å². The zero-order valence-electron chi connectivity index (χ0n) is 16.1. The second kappa shape index (κ2) is 9.17. The average molecular weight is 379 g/mol. The third-order valence-electron chi connectivity index (χ3n) is 4.92. The third-order valence-corrected chi connectivity index (χ3v) is 4.92. The first-order valence-corrected chi connectivity index (χ1v) is 9.57. The molecule has 6 heteroatoms. The quantitative estimate of drug-likeness (QED) is 0.725. The van der Waals surface area contributed by atoms with Gasteiger partial charge in [-0.1, -0.05) is 60.7 Å². The lowest BCUT2D eigenvalue weighted by Gasteiger charge is -2.35. The molecule has 0 radical (unpaired) electrons. The number of imide groups is 1. The molecule has 0 atom stereocenters. The van der Waals surface area contributed by atoms with Crippen molar-refractivity contribution < 1.29 is 14.4 Å². The summed E-state index contributed by atoms with van der Waals surface area (Å²) in [6.45, 7) is 3.76. The van der Waals surface area contributed by atoms with Crippen molar-refractivity contribution in [1.82, 2.24) is 14.7 Å². The van der Waals surface area contributed by atoms with E-state index in [9.17, 15) is 14.4 Å². The maximum atomic E-state index is 13.1. The summed E-state index contributed by atoms with van der Waals surface area (Å²) in [6, 6.07) is 19.2. The van der Waals surface area contributed by atoms with Crippen molar-refractivity contribution in [2.24, 2.45) is 0 Å². The Labute approximate surface area is 165 Å². The summed E-state index contributed by atoms with van der Waals surface area (Å²) in [5.74, 6) is -1.35. The first kappa shape index (κ1) is 19.6. The summed E-state index contributed by atoms with van der Waals surface area (Å²) in [5.41, 5.74) is 2.10. The van der Waals surface area contributed by atoms with Gasteiger partial charge < -0.3 is 9.80 Å². The van der Waals surface area contributed by atoms with Crippen molar-refractivity contribution in [3.8, 4) is 0 Å². The maximum absolute atomic E-state index is 13.1. The van der Waals surface area contributed by atoms with Crippen molar-refractivity contribution in [1.29, 1.82) is 0 Å². The highest BCUT2D eigenvalue weighted by molar-refractivity contribution is 6.38. The molecule has 4 amide bonds. The zero-order valence-corrected chi connectivity index (χ0v) is 16.1. The Bertz CT molecular complexity index is 823. The molecule has 0 aliphatic carbocycles. The van der Waals surface area contributed by atoms with Gasteiger partial charge in [-0.05, 0) is 24.5 Å². The molecule has 2 aromatic carbocycles. The molecule has 0 N–H and O–H groups in total. The minimum absolute atomic E-state index is 0.230. The van der Waals surface area contributed by atoms with Crippen LogP contribution in [0.2, 0.25) is 0 Å². The van der Waals surface area contributed by atoms with Gasteiger partial charge in [-0.2, -0.15) is 0 Å². The van der Waals surface area contributed by atoms with E-state index in [4.69, 9.17) is 0 Å². The molecule has 1 aliphatic rings. The summed E-state index contributed by atoms with van der Waals surface area (Å²) in [5, 5.41) is 0. The Morgan fingerprint density at radius 1 is 0.893 bits per heavy atom. The number of rotatable bonds is 6. The highest BCUT2D eigenvalue weighted by Gasteiger charge is 2.37. The fraction of sp³-hybridized carbons (Fsp3) is 0.318. The van der Waals surface area contributed by atoms with Crippen LogP contribution in [0.25, 0.3) is 0 Å². The van der Waals surface area contributed by atoms with E-state index in [-0.39, 0.29) is 6.54 Å². The summed E-state index contributed by atoms with van der Waals surface area (Å²) < 4.78 is 0. The number of piperazine rings is 1. The van der Waals surface area contributed by atoms with Crippen LogP contribution in [0.3, 0.4) is 0 Å². The Hall–Kier alpha value is -3.15. The summed E-state index contributed by atoms with van der Waals surface area (Å²) >= 11 is 0. The van der Waals surface area contributed by atoms with Crippen molar-refractivity contribution in [2.45, 2.75) is 19.9 Å². The van der Waals surface area contributed by atoms with Crippen LogP contribution in [0.15, 0.2) is 60.7 Å². The average Bonchev–Trinajstić information content (AvgIpc) is 2.74. The number of hydrogen-bond acceptors (Lipinski definition) is 3. The van der Waals surface area contributed by atoms with Gasteiger partial charge in [0.1, 0.15) is 0 Å². The molecule has 0 spiro atoms. The van der Waals surface area contributed by atoms with Gasteiger partial charge in [0, 0.05) is 32.7 Å².